The van der Waals surface area contributed by atoms with Crippen molar-refractivity contribution in [1.29, 1.82) is 0 Å². The molecule has 50 heavy (non-hydrogen) atoms. The molecule has 0 radical (unpaired) electrons. The second kappa shape index (κ2) is 24.2. The summed E-state index contributed by atoms with van der Waals surface area (Å²) in [6.07, 6.45) is 14.7. The predicted octanol–water partition coefficient (Wildman–Crippen LogP) is 8.36. The van der Waals surface area contributed by atoms with Crippen LogP contribution in [0.2, 0.25) is 0 Å². The Labute approximate surface area is 301 Å². The second-order valence-electron chi connectivity index (χ2n) is 13.7. The summed E-state index contributed by atoms with van der Waals surface area (Å²) in [7, 11) is 0. The minimum absolute atomic E-state index is 0.00975. The topological polar surface area (TPSA) is 109 Å². The number of aliphatic hydroxyl groups excluding tert-OH is 1. The van der Waals surface area contributed by atoms with Crippen molar-refractivity contribution in [2.45, 2.75) is 136 Å². The van der Waals surface area contributed by atoms with Crippen molar-refractivity contribution >= 4 is 12.0 Å². The first-order valence-electron chi connectivity index (χ1n) is 19.4. The van der Waals surface area contributed by atoms with Crippen LogP contribution in [-0.2, 0) is 32.2 Å². The zero-order chi connectivity index (χ0) is 36.0. The summed E-state index contributed by atoms with van der Waals surface area (Å²) < 4.78 is 18.4. The van der Waals surface area contributed by atoms with Crippen LogP contribution in [0.1, 0.15) is 139 Å². The fourth-order valence-electron chi connectivity index (χ4n) is 6.51. The zero-order valence-corrected chi connectivity index (χ0v) is 31.3. The van der Waals surface area contributed by atoms with Crippen LogP contribution in [0.5, 0.6) is 0 Å². The third-order valence-corrected chi connectivity index (χ3v) is 9.62. The maximum absolute atomic E-state index is 12.2. The van der Waals surface area contributed by atoms with E-state index in [0.29, 0.717) is 6.54 Å². The number of nitrogens with one attached hydrogen (secondary N) is 2. The van der Waals surface area contributed by atoms with Crippen LogP contribution in [0, 0.1) is 5.92 Å². The van der Waals surface area contributed by atoms with E-state index in [1.165, 1.54) is 77.0 Å². The first-order chi connectivity index (χ1) is 24.4. The highest BCUT2D eigenvalue weighted by Crippen LogP contribution is 2.42. The maximum atomic E-state index is 12.2. The largest absolute Gasteiger partial charge is 0.465 e. The molecular weight excluding hydrogens is 630 g/mol. The Kier molecular flexibility index (Phi) is 20.1. The number of carbonyl (C=O) groups excluding carboxylic acids is 2. The van der Waals surface area contributed by atoms with Crippen molar-refractivity contribution in [2.75, 3.05) is 32.8 Å². The molecule has 2 amide bonds. The minimum Gasteiger partial charge on any atom is -0.465 e. The Morgan fingerprint density at radius 1 is 0.740 bits per heavy atom. The Hall–Kier alpha value is -2.98. The molecule has 1 heterocycles. The van der Waals surface area contributed by atoms with Crippen LogP contribution in [-0.4, -0.2) is 60.9 Å². The molecule has 9 nitrogen and oxygen atoms in total. The Morgan fingerprint density at radius 2 is 1.30 bits per heavy atom. The number of esters is 1. The average molecular weight is 696 g/mol. The molecule has 9 heteroatoms. The molecule has 0 spiro atoms. The van der Waals surface area contributed by atoms with E-state index in [2.05, 4.69) is 48.4 Å². The maximum Gasteiger partial charge on any atom is 0.325 e. The van der Waals surface area contributed by atoms with E-state index < -0.39 is 18.3 Å². The second-order valence-corrected chi connectivity index (χ2v) is 13.7. The Bertz CT molecular complexity index is 1190. The van der Waals surface area contributed by atoms with Gasteiger partial charge in [-0.25, -0.2) is 4.79 Å². The zero-order valence-electron chi connectivity index (χ0n) is 31.3. The Balaban J connectivity index is 1.71. The van der Waals surface area contributed by atoms with Crippen molar-refractivity contribution < 1.29 is 28.9 Å². The molecule has 1 fully saturated rings. The highest BCUT2D eigenvalue weighted by molar-refractivity contribution is 5.80. The minimum atomic E-state index is -0.543. The normalized spacial score (nSPS) is 19.0. The van der Waals surface area contributed by atoms with Crippen LogP contribution >= 0.6 is 0 Å². The third kappa shape index (κ3) is 15.1. The van der Waals surface area contributed by atoms with Crippen molar-refractivity contribution in [1.82, 2.24) is 15.5 Å². The predicted molar refractivity (Wildman–Crippen MR) is 199 cm³/mol. The van der Waals surface area contributed by atoms with E-state index in [-0.39, 0.29) is 37.9 Å². The number of urea groups is 1. The number of nitrogens with zero attached hydrogens (tertiary/aromatic N) is 1. The average Bonchev–Trinajstić information content (AvgIpc) is 3.13. The standard InChI is InChI=1S/C41H65N3O6/c1-5-8-10-12-14-16-26-44(27-17-15-13-11-9-6-2)30-37-32(4)39(35-22-20-34(31-45)21-23-35)50-40(49-37)36-24-18-33(19-25-36)28-42-41(47)43-29-38(46)48-7-3/h18-25,32,37,39-40,45H,5-17,26-31H2,1-4H3,(H2,42,43,47)/t32-,37+,39+,40+/m1/s1. The molecule has 0 aromatic heterocycles. The number of ether oxygens (including phenoxy) is 3. The van der Waals surface area contributed by atoms with Crippen molar-refractivity contribution in [3.63, 3.8) is 0 Å². The molecule has 0 saturated carbocycles. The molecule has 0 unspecified atom stereocenters. The van der Waals surface area contributed by atoms with Crippen LogP contribution in [0.3, 0.4) is 0 Å². The van der Waals surface area contributed by atoms with Gasteiger partial charge in [0.1, 0.15) is 6.54 Å². The molecule has 1 aliphatic rings. The number of amides is 2. The lowest BCUT2D eigenvalue weighted by Crippen LogP contribution is -2.45. The van der Waals surface area contributed by atoms with Crippen LogP contribution in [0.15, 0.2) is 48.5 Å². The van der Waals surface area contributed by atoms with E-state index in [0.717, 1.165) is 41.9 Å². The van der Waals surface area contributed by atoms with Gasteiger partial charge in [-0.2, -0.15) is 0 Å². The summed E-state index contributed by atoms with van der Waals surface area (Å²) >= 11 is 0. The van der Waals surface area contributed by atoms with Crippen LogP contribution in [0.25, 0.3) is 0 Å². The number of rotatable bonds is 24. The van der Waals surface area contributed by atoms with Crippen molar-refractivity contribution in [2.24, 2.45) is 5.92 Å². The molecule has 2 aromatic carbocycles. The van der Waals surface area contributed by atoms with Gasteiger partial charge in [-0.15, -0.1) is 0 Å². The number of unbranched alkanes of at least 4 members (excludes halogenated alkanes) is 10. The summed E-state index contributed by atoms with van der Waals surface area (Å²) in [6.45, 7) is 12.0. The van der Waals surface area contributed by atoms with Gasteiger partial charge in [0.15, 0.2) is 6.29 Å². The first kappa shape index (κ1) is 41.4. The van der Waals surface area contributed by atoms with Gasteiger partial charge in [0.2, 0.25) is 0 Å². The molecule has 1 saturated heterocycles. The van der Waals surface area contributed by atoms with Gasteiger partial charge in [0.05, 0.1) is 25.4 Å². The monoisotopic (exact) mass is 695 g/mol. The quantitative estimate of drug-likeness (QED) is 0.0748. The number of hydrogen-bond acceptors (Lipinski definition) is 7. The SMILES string of the molecule is CCCCCCCCN(CCCCCCCC)C[C@@H]1O[C@H](c2ccc(CNC(=O)NCC(=O)OCC)cc2)O[C@H](c2ccc(CO)cc2)[C@@H]1C. The third-order valence-electron chi connectivity index (χ3n) is 9.62. The lowest BCUT2D eigenvalue weighted by atomic mass is 9.90. The molecule has 280 valence electrons. The van der Waals surface area contributed by atoms with E-state index in [9.17, 15) is 14.7 Å². The fraction of sp³-hybridized carbons (Fsp3) is 0.659. The van der Waals surface area contributed by atoms with Gasteiger partial charge in [-0.05, 0) is 49.5 Å². The molecule has 0 bridgehead atoms. The van der Waals surface area contributed by atoms with Gasteiger partial charge in [-0.1, -0.05) is 134 Å². The summed E-state index contributed by atoms with van der Waals surface area (Å²) in [4.78, 5) is 26.3. The molecule has 0 aliphatic carbocycles. The molecular formula is C41H65N3O6. The number of hydrogen-bond donors (Lipinski definition) is 3. The lowest BCUT2D eigenvalue weighted by molar-refractivity contribution is -0.276. The summed E-state index contributed by atoms with van der Waals surface area (Å²) in [5, 5.41) is 14.9. The van der Waals surface area contributed by atoms with Crippen molar-refractivity contribution in [3.8, 4) is 0 Å². The molecule has 2 aromatic rings. The molecule has 3 rings (SSSR count). The van der Waals surface area contributed by atoms with Gasteiger partial charge in [-0.3, -0.25) is 4.79 Å². The van der Waals surface area contributed by atoms with Crippen molar-refractivity contribution in [3.05, 3.63) is 70.8 Å². The molecule has 1 aliphatic heterocycles. The van der Waals surface area contributed by atoms with Crippen LogP contribution < -0.4 is 10.6 Å². The van der Waals surface area contributed by atoms with E-state index in [4.69, 9.17) is 14.2 Å². The number of aliphatic hydroxyl groups is 1. The number of carbonyl (C=O) groups is 2. The summed E-state index contributed by atoms with van der Waals surface area (Å²) in [5.41, 5.74) is 3.80. The highest BCUT2D eigenvalue weighted by atomic mass is 16.7. The van der Waals surface area contributed by atoms with Gasteiger partial charge in [0, 0.05) is 24.6 Å². The highest BCUT2D eigenvalue weighted by Gasteiger charge is 2.39. The molecule has 4 atom stereocenters. The summed E-state index contributed by atoms with van der Waals surface area (Å²) in [5.74, 6) is -0.345. The lowest BCUT2D eigenvalue weighted by Gasteiger charge is -2.43. The van der Waals surface area contributed by atoms with Crippen LogP contribution in [0.4, 0.5) is 4.79 Å². The van der Waals surface area contributed by atoms with Gasteiger partial charge in [0.25, 0.3) is 0 Å². The summed E-state index contributed by atoms with van der Waals surface area (Å²) in [6, 6.07) is 15.6. The van der Waals surface area contributed by atoms with Gasteiger partial charge >= 0.3 is 12.0 Å². The van der Waals surface area contributed by atoms with E-state index >= 15 is 0 Å². The Morgan fingerprint density at radius 3 is 1.88 bits per heavy atom. The number of benzene rings is 2. The van der Waals surface area contributed by atoms with E-state index in [1.54, 1.807) is 6.92 Å². The smallest absolute Gasteiger partial charge is 0.325 e. The van der Waals surface area contributed by atoms with Gasteiger partial charge < -0.3 is 34.9 Å². The molecule has 3 N–H and O–H groups in total. The fourth-order valence-corrected chi connectivity index (χ4v) is 6.51. The first-order valence-corrected chi connectivity index (χ1v) is 19.4. The van der Waals surface area contributed by atoms with E-state index in [1.807, 2.05) is 36.4 Å².